The fourth-order valence-corrected chi connectivity index (χ4v) is 4.55. The molecule has 2 aromatic carbocycles. The number of ether oxygens (including phenoxy) is 3. The molecule has 2 aliphatic heterocycles. The standard InChI is InChI=1S/C26H28N2O6S/c1-3-33-22-14-20(8-9-21(22)34-17-24(29)27-10-12-32-13-11-27)15-23-25(30)28(26(31)35-23)16-19-6-4-18(2)5-7-19/h4-9,14-15H,3,10-13,16-17H2,1-2H3/b23-15-. The van der Waals surface area contributed by atoms with Crippen molar-refractivity contribution in [2.24, 2.45) is 0 Å². The maximum Gasteiger partial charge on any atom is 0.293 e. The van der Waals surface area contributed by atoms with E-state index in [-0.39, 0.29) is 30.2 Å². The van der Waals surface area contributed by atoms with Gasteiger partial charge in [0.2, 0.25) is 0 Å². The van der Waals surface area contributed by atoms with E-state index in [1.54, 1.807) is 29.2 Å². The second-order valence-electron chi connectivity index (χ2n) is 8.17. The van der Waals surface area contributed by atoms with Crippen LogP contribution in [0.15, 0.2) is 47.4 Å². The number of rotatable bonds is 8. The van der Waals surface area contributed by atoms with Crippen LogP contribution in [0, 0.1) is 6.92 Å². The van der Waals surface area contributed by atoms with E-state index in [4.69, 9.17) is 14.2 Å². The number of carbonyl (C=O) groups excluding carboxylic acids is 3. The first-order valence-corrected chi connectivity index (χ1v) is 12.3. The summed E-state index contributed by atoms with van der Waals surface area (Å²) in [6, 6.07) is 13.0. The SMILES string of the molecule is CCOc1cc(/C=C2\SC(=O)N(Cc3ccc(C)cc3)C2=O)ccc1OCC(=O)N1CCOCC1. The molecule has 0 saturated carbocycles. The lowest BCUT2D eigenvalue weighted by atomic mass is 10.1. The summed E-state index contributed by atoms with van der Waals surface area (Å²) >= 11 is 0.918. The summed E-state index contributed by atoms with van der Waals surface area (Å²) in [5, 5.41) is -0.298. The third-order valence-corrected chi connectivity index (χ3v) is 6.52. The van der Waals surface area contributed by atoms with Gasteiger partial charge in [-0.3, -0.25) is 19.3 Å². The van der Waals surface area contributed by atoms with Crippen LogP contribution in [0.1, 0.15) is 23.6 Å². The third kappa shape index (κ3) is 6.23. The van der Waals surface area contributed by atoms with Gasteiger partial charge in [-0.15, -0.1) is 0 Å². The van der Waals surface area contributed by atoms with Crippen LogP contribution in [0.5, 0.6) is 11.5 Å². The molecule has 35 heavy (non-hydrogen) atoms. The summed E-state index contributed by atoms with van der Waals surface area (Å²) < 4.78 is 16.7. The van der Waals surface area contributed by atoms with Crippen LogP contribution in [0.4, 0.5) is 4.79 Å². The Morgan fingerprint density at radius 3 is 2.51 bits per heavy atom. The van der Waals surface area contributed by atoms with E-state index < -0.39 is 0 Å². The predicted octanol–water partition coefficient (Wildman–Crippen LogP) is 3.87. The third-order valence-electron chi connectivity index (χ3n) is 5.62. The Bertz CT molecular complexity index is 1130. The van der Waals surface area contributed by atoms with Crippen molar-refractivity contribution in [3.63, 3.8) is 0 Å². The number of benzene rings is 2. The Morgan fingerprint density at radius 2 is 1.80 bits per heavy atom. The molecule has 2 aliphatic rings. The highest BCUT2D eigenvalue weighted by molar-refractivity contribution is 8.18. The highest BCUT2D eigenvalue weighted by Gasteiger charge is 2.35. The largest absolute Gasteiger partial charge is 0.490 e. The molecule has 0 aliphatic carbocycles. The van der Waals surface area contributed by atoms with Gasteiger partial charge >= 0.3 is 0 Å². The lowest BCUT2D eigenvalue weighted by molar-refractivity contribution is -0.137. The van der Waals surface area contributed by atoms with E-state index in [9.17, 15) is 14.4 Å². The summed E-state index contributed by atoms with van der Waals surface area (Å²) in [5.74, 6) is 0.477. The van der Waals surface area contributed by atoms with Gasteiger partial charge in [-0.05, 0) is 54.9 Å². The van der Waals surface area contributed by atoms with Gasteiger partial charge < -0.3 is 19.1 Å². The van der Waals surface area contributed by atoms with Crippen molar-refractivity contribution in [2.45, 2.75) is 20.4 Å². The fraction of sp³-hybridized carbons (Fsp3) is 0.346. The Kier molecular flexibility index (Phi) is 8.09. The van der Waals surface area contributed by atoms with Crippen molar-refractivity contribution in [1.29, 1.82) is 0 Å². The molecular weight excluding hydrogens is 468 g/mol. The minimum atomic E-state index is -0.324. The number of aryl methyl sites for hydroxylation is 1. The lowest BCUT2D eigenvalue weighted by Crippen LogP contribution is -2.43. The van der Waals surface area contributed by atoms with Crippen molar-refractivity contribution in [3.8, 4) is 11.5 Å². The van der Waals surface area contributed by atoms with Gasteiger partial charge in [0.05, 0.1) is 31.3 Å². The number of imide groups is 1. The van der Waals surface area contributed by atoms with E-state index in [2.05, 4.69) is 0 Å². The van der Waals surface area contributed by atoms with E-state index in [1.165, 1.54) is 4.90 Å². The van der Waals surface area contributed by atoms with Crippen LogP contribution < -0.4 is 9.47 Å². The molecule has 0 unspecified atom stereocenters. The first-order valence-electron chi connectivity index (χ1n) is 11.5. The zero-order valence-electron chi connectivity index (χ0n) is 19.8. The average molecular weight is 497 g/mol. The molecule has 2 saturated heterocycles. The average Bonchev–Trinajstić information content (AvgIpc) is 3.12. The van der Waals surface area contributed by atoms with Crippen LogP contribution in [0.2, 0.25) is 0 Å². The molecule has 0 bridgehead atoms. The highest BCUT2D eigenvalue weighted by Crippen LogP contribution is 2.35. The van der Waals surface area contributed by atoms with Crippen LogP contribution in [0.3, 0.4) is 0 Å². The molecule has 8 nitrogen and oxygen atoms in total. The molecule has 9 heteroatoms. The Balaban J connectivity index is 1.45. The number of nitrogens with zero attached hydrogens (tertiary/aromatic N) is 2. The van der Waals surface area contributed by atoms with Crippen molar-refractivity contribution in [1.82, 2.24) is 9.80 Å². The molecule has 3 amide bonds. The zero-order valence-corrected chi connectivity index (χ0v) is 20.6. The quantitative estimate of drug-likeness (QED) is 0.513. The Hall–Kier alpha value is -3.30. The fourth-order valence-electron chi connectivity index (χ4n) is 3.71. The molecule has 0 atom stereocenters. The monoisotopic (exact) mass is 496 g/mol. The first-order chi connectivity index (χ1) is 16.9. The lowest BCUT2D eigenvalue weighted by Gasteiger charge is -2.26. The minimum Gasteiger partial charge on any atom is -0.490 e. The summed E-state index contributed by atoms with van der Waals surface area (Å²) in [6.07, 6.45) is 1.67. The normalized spacial score (nSPS) is 17.3. The van der Waals surface area contributed by atoms with Gasteiger partial charge in [0.25, 0.3) is 17.1 Å². The number of hydrogen-bond acceptors (Lipinski definition) is 7. The van der Waals surface area contributed by atoms with Crippen LogP contribution >= 0.6 is 11.8 Å². The Labute approximate surface area is 208 Å². The van der Waals surface area contributed by atoms with Gasteiger partial charge in [-0.1, -0.05) is 35.9 Å². The number of amides is 3. The van der Waals surface area contributed by atoms with Gasteiger partial charge in [-0.25, -0.2) is 0 Å². The van der Waals surface area contributed by atoms with Gasteiger partial charge in [0.15, 0.2) is 18.1 Å². The molecule has 0 aromatic heterocycles. The Morgan fingerprint density at radius 1 is 1.06 bits per heavy atom. The van der Waals surface area contributed by atoms with Gasteiger partial charge in [-0.2, -0.15) is 0 Å². The summed E-state index contributed by atoms with van der Waals surface area (Å²) in [4.78, 5) is 41.1. The summed E-state index contributed by atoms with van der Waals surface area (Å²) in [6.45, 7) is 6.55. The number of hydrogen-bond donors (Lipinski definition) is 0. The first kappa shape index (κ1) is 24.8. The van der Waals surface area contributed by atoms with Crippen LogP contribution in [-0.4, -0.2) is 66.4 Å². The molecule has 184 valence electrons. The van der Waals surface area contributed by atoms with Gasteiger partial charge in [0, 0.05) is 13.1 Å². The van der Waals surface area contributed by atoms with Gasteiger partial charge in [0.1, 0.15) is 0 Å². The number of thioether (sulfide) groups is 1. The van der Waals surface area contributed by atoms with Crippen molar-refractivity contribution in [2.75, 3.05) is 39.5 Å². The predicted molar refractivity (Wildman–Crippen MR) is 133 cm³/mol. The molecule has 2 aromatic rings. The van der Waals surface area contributed by atoms with E-state index in [1.807, 2.05) is 38.1 Å². The van der Waals surface area contributed by atoms with Crippen LogP contribution in [0.25, 0.3) is 6.08 Å². The molecular formula is C26H28N2O6S. The van der Waals surface area contributed by atoms with Crippen molar-refractivity contribution < 1.29 is 28.6 Å². The number of carbonyl (C=O) groups is 3. The summed E-state index contributed by atoms with van der Waals surface area (Å²) in [7, 11) is 0. The molecule has 0 radical (unpaired) electrons. The second-order valence-corrected chi connectivity index (χ2v) is 9.17. The zero-order chi connectivity index (χ0) is 24.8. The van der Waals surface area contributed by atoms with Crippen molar-refractivity contribution in [3.05, 3.63) is 64.1 Å². The molecule has 2 heterocycles. The molecule has 4 rings (SSSR count). The van der Waals surface area contributed by atoms with E-state index in [0.717, 1.165) is 22.9 Å². The maximum absolute atomic E-state index is 12.9. The van der Waals surface area contributed by atoms with Crippen LogP contribution in [-0.2, 0) is 20.9 Å². The molecule has 0 spiro atoms. The van der Waals surface area contributed by atoms with E-state index >= 15 is 0 Å². The summed E-state index contributed by atoms with van der Waals surface area (Å²) in [5.41, 5.74) is 2.71. The van der Waals surface area contributed by atoms with E-state index in [0.29, 0.717) is 54.9 Å². The number of morpholine rings is 1. The smallest absolute Gasteiger partial charge is 0.293 e. The van der Waals surface area contributed by atoms with Crippen molar-refractivity contribution >= 4 is 34.9 Å². The highest BCUT2D eigenvalue weighted by atomic mass is 32.2. The molecule has 0 N–H and O–H groups in total. The maximum atomic E-state index is 12.9. The molecule has 2 fully saturated rings. The topological polar surface area (TPSA) is 85.4 Å². The minimum absolute atomic E-state index is 0.0999. The second kappa shape index (κ2) is 11.4.